The lowest BCUT2D eigenvalue weighted by molar-refractivity contribution is -0.384. The smallest absolute Gasteiger partial charge is 0.269 e. The summed E-state index contributed by atoms with van der Waals surface area (Å²) in [5.74, 6) is 1.23. The number of aryl methyl sites for hydroxylation is 1. The molecule has 3 aromatic rings. The van der Waals surface area contributed by atoms with Gasteiger partial charge >= 0.3 is 0 Å². The Morgan fingerprint density at radius 2 is 1.92 bits per heavy atom. The summed E-state index contributed by atoms with van der Waals surface area (Å²) in [5.41, 5.74) is 5.48. The van der Waals surface area contributed by atoms with Crippen LogP contribution in [0.4, 0.5) is 11.4 Å². The third-order valence-corrected chi connectivity index (χ3v) is 4.26. The Balaban J connectivity index is 1.73. The van der Waals surface area contributed by atoms with E-state index >= 15 is 0 Å². The topological polar surface area (TPSA) is 80.7 Å². The van der Waals surface area contributed by atoms with Crippen LogP contribution in [-0.4, -0.2) is 11.1 Å². The van der Waals surface area contributed by atoms with Crippen molar-refractivity contribution in [1.82, 2.24) is 0 Å². The van der Waals surface area contributed by atoms with E-state index in [0.29, 0.717) is 11.5 Å². The molecule has 0 aliphatic carbocycles. The van der Waals surface area contributed by atoms with Crippen LogP contribution in [0.25, 0.3) is 11.3 Å². The summed E-state index contributed by atoms with van der Waals surface area (Å²) in [7, 11) is 0. The Kier molecular flexibility index (Phi) is 5.13. The van der Waals surface area contributed by atoms with Gasteiger partial charge < -0.3 is 4.42 Å². The number of benzene rings is 2. The van der Waals surface area contributed by atoms with Crippen molar-refractivity contribution in [3.8, 4) is 11.3 Å². The average Bonchev–Trinajstić information content (AvgIpc) is 3.05. The summed E-state index contributed by atoms with van der Waals surface area (Å²) in [4.78, 5) is 10.4. The molecule has 0 bridgehead atoms. The molecule has 0 aliphatic heterocycles. The molecule has 25 heavy (non-hydrogen) atoms. The van der Waals surface area contributed by atoms with Crippen molar-refractivity contribution >= 4 is 40.2 Å². The zero-order chi connectivity index (χ0) is 17.8. The van der Waals surface area contributed by atoms with Gasteiger partial charge in [-0.3, -0.25) is 15.5 Å². The van der Waals surface area contributed by atoms with E-state index in [1.54, 1.807) is 18.3 Å². The van der Waals surface area contributed by atoms with E-state index in [9.17, 15) is 10.1 Å². The van der Waals surface area contributed by atoms with E-state index in [4.69, 9.17) is 4.42 Å². The van der Waals surface area contributed by atoms with Crippen molar-refractivity contribution in [3.63, 3.8) is 0 Å². The third-order valence-electron chi connectivity index (χ3n) is 3.54. The van der Waals surface area contributed by atoms with Gasteiger partial charge in [0, 0.05) is 21.3 Å². The second kappa shape index (κ2) is 7.47. The lowest BCUT2D eigenvalue weighted by atomic mass is 10.1. The monoisotopic (exact) mass is 447 g/mol. The lowest BCUT2D eigenvalue weighted by Gasteiger charge is -2.02. The number of nitrogens with zero attached hydrogens (tertiary/aromatic N) is 2. The number of nitro benzene ring substituents is 1. The fourth-order valence-electron chi connectivity index (χ4n) is 2.30. The summed E-state index contributed by atoms with van der Waals surface area (Å²) < 4.78 is 6.90. The van der Waals surface area contributed by atoms with Gasteiger partial charge in [0.2, 0.25) is 0 Å². The molecule has 2 aromatic carbocycles. The van der Waals surface area contributed by atoms with Crippen LogP contribution in [0.5, 0.6) is 0 Å². The summed E-state index contributed by atoms with van der Waals surface area (Å²) in [6.45, 7) is 1.82. The van der Waals surface area contributed by atoms with Crippen LogP contribution in [0.15, 0.2) is 64.1 Å². The molecule has 0 saturated carbocycles. The van der Waals surface area contributed by atoms with E-state index in [2.05, 4.69) is 33.1 Å². The number of hydrogen-bond acceptors (Lipinski definition) is 5. The van der Waals surface area contributed by atoms with Crippen molar-refractivity contribution in [2.24, 2.45) is 5.10 Å². The Morgan fingerprint density at radius 1 is 1.16 bits per heavy atom. The number of rotatable bonds is 5. The average molecular weight is 447 g/mol. The zero-order valence-electron chi connectivity index (χ0n) is 13.3. The van der Waals surface area contributed by atoms with Gasteiger partial charge in [-0.15, -0.1) is 0 Å². The maximum Gasteiger partial charge on any atom is 0.269 e. The molecule has 6 nitrogen and oxygen atoms in total. The van der Waals surface area contributed by atoms with Crippen LogP contribution in [0.3, 0.4) is 0 Å². The van der Waals surface area contributed by atoms with Crippen LogP contribution >= 0.6 is 22.6 Å². The second-order valence-electron chi connectivity index (χ2n) is 5.34. The van der Waals surface area contributed by atoms with Crippen LogP contribution in [0.1, 0.15) is 11.3 Å². The van der Waals surface area contributed by atoms with Crippen LogP contribution in [-0.2, 0) is 0 Å². The fraction of sp³-hybridized carbons (Fsp3) is 0.0556. The summed E-state index contributed by atoms with van der Waals surface area (Å²) in [6, 6.07) is 16.2. The number of furan rings is 1. The van der Waals surface area contributed by atoms with E-state index < -0.39 is 4.92 Å². The van der Waals surface area contributed by atoms with E-state index in [1.165, 1.54) is 12.1 Å². The first kappa shape index (κ1) is 17.2. The molecule has 1 aromatic heterocycles. The number of non-ortho nitro benzene ring substituents is 1. The molecule has 0 radical (unpaired) electrons. The molecule has 0 spiro atoms. The van der Waals surface area contributed by atoms with Gasteiger partial charge in [-0.1, -0.05) is 0 Å². The molecule has 0 amide bonds. The molecule has 0 unspecified atom stereocenters. The SMILES string of the molecule is Cc1cc([N+](=O)[O-])ccc1-c1ccc(C=NNc2ccc(I)cc2)o1. The van der Waals surface area contributed by atoms with Crippen molar-refractivity contribution < 1.29 is 9.34 Å². The molecular weight excluding hydrogens is 433 g/mol. The predicted octanol–water partition coefficient (Wildman–Crippen LogP) is 5.21. The number of nitro groups is 1. The molecule has 1 heterocycles. The van der Waals surface area contributed by atoms with Gasteiger partial charge in [-0.2, -0.15) is 5.10 Å². The normalized spacial score (nSPS) is 11.0. The minimum Gasteiger partial charge on any atom is -0.455 e. The molecule has 7 heteroatoms. The molecule has 126 valence electrons. The maximum absolute atomic E-state index is 10.8. The summed E-state index contributed by atoms with van der Waals surface area (Å²) in [5, 5.41) is 15.0. The Morgan fingerprint density at radius 3 is 2.60 bits per heavy atom. The molecule has 0 fully saturated rings. The first-order valence-corrected chi connectivity index (χ1v) is 8.51. The van der Waals surface area contributed by atoms with Crippen LogP contribution < -0.4 is 5.43 Å². The maximum atomic E-state index is 10.8. The minimum absolute atomic E-state index is 0.0660. The minimum atomic E-state index is -0.409. The van der Waals surface area contributed by atoms with Crippen molar-refractivity contribution in [3.05, 3.63) is 79.6 Å². The van der Waals surface area contributed by atoms with Crippen LogP contribution in [0.2, 0.25) is 0 Å². The van der Waals surface area contributed by atoms with Crippen molar-refractivity contribution in [2.45, 2.75) is 6.92 Å². The van der Waals surface area contributed by atoms with E-state index in [-0.39, 0.29) is 5.69 Å². The highest BCUT2D eigenvalue weighted by atomic mass is 127. The Hall–Kier alpha value is -2.68. The quantitative estimate of drug-likeness (QED) is 0.252. The van der Waals surface area contributed by atoms with E-state index in [1.807, 2.05) is 37.3 Å². The zero-order valence-corrected chi connectivity index (χ0v) is 15.4. The van der Waals surface area contributed by atoms with E-state index in [0.717, 1.165) is 20.4 Å². The highest BCUT2D eigenvalue weighted by Gasteiger charge is 2.11. The fourth-order valence-corrected chi connectivity index (χ4v) is 2.66. The largest absolute Gasteiger partial charge is 0.455 e. The lowest BCUT2D eigenvalue weighted by Crippen LogP contribution is -1.90. The highest BCUT2D eigenvalue weighted by Crippen LogP contribution is 2.28. The Bertz CT molecular complexity index is 933. The number of hydrogen-bond donors (Lipinski definition) is 1. The van der Waals surface area contributed by atoms with Crippen LogP contribution in [0, 0.1) is 20.6 Å². The second-order valence-corrected chi connectivity index (χ2v) is 6.58. The van der Waals surface area contributed by atoms with Gasteiger partial charge in [0.05, 0.1) is 16.8 Å². The molecule has 3 rings (SSSR count). The van der Waals surface area contributed by atoms with Crippen molar-refractivity contribution in [2.75, 3.05) is 5.43 Å². The van der Waals surface area contributed by atoms with Gasteiger partial charge in [0.1, 0.15) is 11.5 Å². The highest BCUT2D eigenvalue weighted by molar-refractivity contribution is 14.1. The summed E-state index contributed by atoms with van der Waals surface area (Å²) >= 11 is 2.24. The first-order valence-electron chi connectivity index (χ1n) is 7.43. The van der Waals surface area contributed by atoms with Gasteiger partial charge in [0.15, 0.2) is 0 Å². The third kappa shape index (κ3) is 4.24. The standard InChI is InChI=1S/C18H14IN3O3/c1-12-10-15(22(23)24)6-8-17(12)18-9-7-16(25-18)11-20-21-14-4-2-13(19)3-5-14/h2-11,21H,1H3. The summed E-state index contributed by atoms with van der Waals surface area (Å²) in [6.07, 6.45) is 1.59. The van der Waals surface area contributed by atoms with Gasteiger partial charge in [0.25, 0.3) is 5.69 Å². The molecule has 0 saturated heterocycles. The number of nitrogens with one attached hydrogen (secondary N) is 1. The number of halogens is 1. The molecule has 0 aliphatic rings. The van der Waals surface area contributed by atoms with Gasteiger partial charge in [-0.25, -0.2) is 0 Å². The number of anilines is 1. The molecule has 0 atom stereocenters. The van der Waals surface area contributed by atoms with Gasteiger partial charge in [-0.05, 0) is 77.5 Å². The molecular formula is C18H14IN3O3. The Labute approximate surface area is 157 Å². The first-order chi connectivity index (χ1) is 12.0. The number of hydrazone groups is 1. The van der Waals surface area contributed by atoms with Crippen molar-refractivity contribution in [1.29, 1.82) is 0 Å². The molecule has 1 N–H and O–H groups in total. The predicted molar refractivity (Wildman–Crippen MR) is 106 cm³/mol.